The Balaban J connectivity index is 2.13. The maximum absolute atomic E-state index is 14.8. The van der Waals surface area contributed by atoms with Crippen molar-refractivity contribution in [3.63, 3.8) is 0 Å². The van der Waals surface area contributed by atoms with Crippen LogP contribution in [0.15, 0.2) is 41.3 Å². The number of sulfone groups is 1. The lowest BCUT2D eigenvalue weighted by atomic mass is 9.86. The van der Waals surface area contributed by atoms with Crippen LogP contribution >= 0.6 is 11.6 Å². The molecule has 0 saturated heterocycles. The molecule has 158 valence electrons. The molecule has 1 heterocycles. The van der Waals surface area contributed by atoms with Gasteiger partial charge < -0.3 is 9.84 Å². The third kappa shape index (κ3) is 4.42. The molecule has 3 unspecified atom stereocenters. The Bertz CT molecular complexity index is 963. The summed E-state index contributed by atoms with van der Waals surface area (Å²) < 4.78 is 61.6. The molecular weight excluding hydrogens is 422 g/mol. The third-order valence-corrected chi connectivity index (χ3v) is 7.79. The number of aliphatic hydroxyl groups excluding tert-OH is 1. The van der Waals surface area contributed by atoms with Gasteiger partial charge in [0.25, 0.3) is 0 Å². The lowest BCUT2D eigenvalue weighted by molar-refractivity contribution is 0.143. The molecule has 3 atom stereocenters. The van der Waals surface area contributed by atoms with Gasteiger partial charge in [-0.25, -0.2) is 17.2 Å². The summed E-state index contributed by atoms with van der Waals surface area (Å²) in [6.45, 7) is 1.77. The molecule has 0 aromatic heterocycles. The molecule has 0 saturated carbocycles. The first kappa shape index (κ1) is 22.0. The van der Waals surface area contributed by atoms with E-state index in [4.69, 9.17) is 16.3 Å². The summed E-state index contributed by atoms with van der Waals surface area (Å²) in [5.41, 5.74) is -0.288. The first-order valence-corrected chi connectivity index (χ1v) is 11.4. The normalized spacial score (nSPS) is 20.0. The number of rotatable bonds is 7. The van der Waals surface area contributed by atoms with Gasteiger partial charge in [0.15, 0.2) is 21.4 Å². The minimum atomic E-state index is -4.08. The van der Waals surface area contributed by atoms with Gasteiger partial charge in [-0.05, 0) is 55.2 Å². The summed E-state index contributed by atoms with van der Waals surface area (Å²) in [6, 6.07) is 7.44. The minimum Gasteiger partial charge on any atom is -0.490 e. The molecule has 0 spiro atoms. The Kier molecular flexibility index (Phi) is 6.81. The molecule has 0 aliphatic carbocycles. The van der Waals surface area contributed by atoms with Crippen molar-refractivity contribution < 1.29 is 27.0 Å². The molecule has 0 fully saturated rings. The number of halogens is 3. The minimum absolute atomic E-state index is 0.0237. The lowest BCUT2D eigenvalue weighted by Crippen LogP contribution is -2.34. The van der Waals surface area contributed by atoms with Crippen molar-refractivity contribution in [1.29, 1.82) is 0 Å². The van der Waals surface area contributed by atoms with Gasteiger partial charge in [0.1, 0.15) is 11.1 Å². The van der Waals surface area contributed by atoms with E-state index in [1.807, 2.05) is 6.92 Å². The van der Waals surface area contributed by atoms with Gasteiger partial charge in [0, 0.05) is 17.5 Å². The highest BCUT2D eigenvalue weighted by Gasteiger charge is 2.44. The highest BCUT2D eigenvalue weighted by molar-refractivity contribution is 7.91. The number of hydrogen-bond acceptors (Lipinski definition) is 4. The molecule has 2 aromatic rings. The van der Waals surface area contributed by atoms with Crippen LogP contribution in [-0.4, -0.2) is 26.7 Å². The second-order valence-corrected chi connectivity index (χ2v) is 9.84. The zero-order valence-corrected chi connectivity index (χ0v) is 17.5. The number of benzene rings is 2. The van der Waals surface area contributed by atoms with Gasteiger partial charge in [-0.1, -0.05) is 24.9 Å². The summed E-state index contributed by atoms with van der Waals surface area (Å²) in [4.78, 5) is -0.0237. The summed E-state index contributed by atoms with van der Waals surface area (Å²) in [5, 5.41) is 8.72. The fourth-order valence-electron chi connectivity index (χ4n) is 3.97. The van der Waals surface area contributed by atoms with Crippen molar-refractivity contribution in [2.75, 3.05) is 13.2 Å². The SMILES string of the molecule is CCCC(CO)CC1COc2c(F)ccc(F)c2C1S(=O)(=O)c1ccc(Cl)cc1. The second-order valence-electron chi connectivity index (χ2n) is 7.34. The smallest absolute Gasteiger partial charge is 0.186 e. The molecule has 0 radical (unpaired) electrons. The Morgan fingerprint density at radius 2 is 1.83 bits per heavy atom. The summed E-state index contributed by atoms with van der Waals surface area (Å²) in [6.07, 6.45) is 1.82. The van der Waals surface area contributed by atoms with Crippen molar-refractivity contribution in [1.82, 2.24) is 0 Å². The van der Waals surface area contributed by atoms with E-state index in [0.717, 1.165) is 18.6 Å². The predicted octanol–water partition coefficient (Wildman–Crippen LogP) is 4.94. The molecule has 3 rings (SSSR count). The van der Waals surface area contributed by atoms with E-state index < -0.39 is 32.6 Å². The van der Waals surface area contributed by atoms with Crippen LogP contribution in [0.4, 0.5) is 8.78 Å². The average molecular weight is 445 g/mol. The van der Waals surface area contributed by atoms with Crippen molar-refractivity contribution in [2.45, 2.75) is 36.3 Å². The van der Waals surface area contributed by atoms with Crippen LogP contribution in [0.1, 0.15) is 37.0 Å². The molecule has 0 bridgehead atoms. The fraction of sp³-hybridized carbons (Fsp3) is 0.429. The molecule has 1 N–H and O–H groups in total. The van der Waals surface area contributed by atoms with Crippen LogP contribution in [0, 0.1) is 23.5 Å². The Labute approximate surface area is 174 Å². The largest absolute Gasteiger partial charge is 0.490 e. The van der Waals surface area contributed by atoms with E-state index in [1.54, 1.807) is 0 Å². The molecule has 1 aliphatic rings. The van der Waals surface area contributed by atoms with Crippen LogP contribution in [-0.2, 0) is 9.84 Å². The van der Waals surface area contributed by atoms with E-state index in [2.05, 4.69) is 0 Å². The molecule has 4 nitrogen and oxygen atoms in total. The van der Waals surface area contributed by atoms with Gasteiger partial charge in [0.05, 0.1) is 17.1 Å². The first-order valence-electron chi connectivity index (χ1n) is 9.50. The van der Waals surface area contributed by atoms with Gasteiger partial charge in [0.2, 0.25) is 0 Å². The van der Waals surface area contributed by atoms with Crippen LogP contribution in [0.3, 0.4) is 0 Å². The Morgan fingerprint density at radius 3 is 2.45 bits per heavy atom. The highest BCUT2D eigenvalue weighted by Crippen LogP contribution is 2.47. The highest BCUT2D eigenvalue weighted by atomic mass is 35.5. The fourth-order valence-corrected chi connectivity index (χ4v) is 6.13. The molecule has 29 heavy (non-hydrogen) atoms. The molecule has 8 heteroatoms. The summed E-state index contributed by atoms with van der Waals surface area (Å²) in [5.74, 6) is -2.79. The van der Waals surface area contributed by atoms with Gasteiger partial charge in [-0.3, -0.25) is 0 Å². The van der Waals surface area contributed by atoms with Crippen LogP contribution in [0.25, 0.3) is 0 Å². The average Bonchev–Trinajstić information content (AvgIpc) is 2.70. The van der Waals surface area contributed by atoms with Crippen molar-refractivity contribution >= 4 is 21.4 Å². The monoisotopic (exact) mass is 444 g/mol. The second kappa shape index (κ2) is 8.98. The zero-order valence-electron chi connectivity index (χ0n) is 15.9. The number of fused-ring (bicyclic) bond motifs is 1. The third-order valence-electron chi connectivity index (χ3n) is 5.32. The predicted molar refractivity (Wildman–Crippen MR) is 107 cm³/mol. The molecule has 2 aromatic carbocycles. The first-order chi connectivity index (χ1) is 13.8. The Hall–Kier alpha value is -1.70. The van der Waals surface area contributed by atoms with E-state index in [1.165, 1.54) is 24.3 Å². The van der Waals surface area contributed by atoms with E-state index >= 15 is 0 Å². The standard InChI is InChI=1S/C21H23ClF2O4S/c1-2-3-13(11-25)10-14-12-28-20-18(24)9-8-17(23)19(20)21(14)29(26,27)16-6-4-15(22)5-7-16/h4-9,13-14,21,25H,2-3,10-12H2,1H3. The number of ether oxygens (including phenoxy) is 1. The number of aliphatic hydroxyl groups is 1. The van der Waals surface area contributed by atoms with E-state index in [0.29, 0.717) is 17.9 Å². The van der Waals surface area contributed by atoms with Gasteiger partial charge in [-0.2, -0.15) is 0 Å². The van der Waals surface area contributed by atoms with Crippen LogP contribution in [0.2, 0.25) is 5.02 Å². The summed E-state index contributed by atoms with van der Waals surface area (Å²) >= 11 is 5.87. The van der Waals surface area contributed by atoms with Crippen LogP contribution < -0.4 is 4.74 Å². The van der Waals surface area contributed by atoms with Crippen molar-refractivity contribution in [3.8, 4) is 5.75 Å². The van der Waals surface area contributed by atoms with Crippen LogP contribution in [0.5, 0.6) is 5.75 Å². The van der Waals surface area contributed by atoms with E-state index in [-0.39, 0.29) is 35.3 Å². The quantitative estimate of drug-likeness (QED) is 0.657. The van der Waals surface area contributed by atoms with E-state index in [9.17, 15) is 22.3 Å². The number of hydrogen-bond donors (Lipinski definition) is 1. The van der Waals surface area contributed by atoms with Crippen molar-refractivity contribution in [3.05, 3.63) is 58.6 Å². The van der Waals surface area contributed by atoms with Gasteiger partial charge >= 0.3 is 0 Å². The molecule has 0 amide bonds. The molecular formula is C21H23ClF2O4S. The lowest BCUT2D eigenvalue weighted by Gasteiger charge is -2.35. The topological polar surface area (TPSA) is 63.6 Å². The Morgan fingerprint density at radius 1 is 1.17 bits per heavy atom. The van der Waals surface area contributed by atoms with Gasteiger partial charge in [-0.15, -0.1) is 0 Å². The maximum Gasteiger partial charge on any atom is 0.186 e. The zero-order chi connectivity index (χ0) is 21.2. The molecule has 1 aliphatic heterocycles. The van der Waals surface area contributed by atoms with Crippen molar-refractivity contribution in [2.24, 2.45) is 11.8 Å². The maximum atomic E-state index is 14.8. The summed E-state index contributed by atoms with van der Waals surface area (Å²) in [7, 11) is -4.08.